The lowest BCUT2D eigenvalue weighted by atomic mass is 9.97. The summed E-state index contributed by atoms with van der Waals surface area (Å²) in [5.41, 5.74) is 0.460. The van der Waals surface area contributed by atoms with Crippen LogP contribution in [0.5, 0.6) is 0 Å². The molecule has 2 rings (SSSR count). The molecule has 0 radical (unpaired) electrons. The topological polar surface area (TPSA) is 73.5 Å². The van der Waals surface area contributed by atoms with Gasteiger partial charge in [0.05, 0.1) is 18.1 Å². The number of piperidine rings is 1. The summed E-state index contributed by atoms with van der Waals surface area (Å²) < 4.78 is 5.64. The Morgan fingerprint density at radius 2 is 2.15 bits per heavy atom. The minimum absolute atomic E-state index is 0.153. The van der Waals surface area contributed by atoms with Crippen LogP contribution in [0.3, 0.4) is 0 Å². The molecule has 1 unspecified atom stereocenters. The van der Waals surface area contributed by atoms with E-state index in [0.717, 1.165) is 12.8 Å². The first-order valence-corrected chi connectivity index (χ1v) is 6.76. The van der Waals surface area contributed by atoms with Gasteiger partial charge in [-0.2, -0.15) is 4.73 Å². The number of hydrogen-bond acceptors (Lipinski definition) is 4. The molecule has 0 bridgehead atoms. The quantitative estimate of drug-likeness (QED) is 0.464. The van der Waals surface area contributed by atoms with Gasteiger partial charge in [-0.25, -0.2) is 0 Å². The van der Waals surface area contributed by atoms with E-state index in [9.17, 15) is 14.8 Å². The van der Waals surface area contributed by atoms with Gasteiger partial charge in [0.2, 0.25) is 0 Å². The fourth-order valence-corrected chi connectivity index (χ4v) is 2.35. The highest BCUT2D eigenvalue weighted by Gasteiger charge is 2.29. The van der Waals surface area contributed by atoms with Crippen LogP contribution in [0.1, 0.15) is 30.1 Å². The molecule has 0 saturated carbocycles. The predicted molar refractivity (Wildman–Crippen MR) is 70.7 cm³/mol. The third-order valence-corrected chi connectivity index (χ3v) is 3.38. The first-order valence-electron chi connectivity index (χ1n) is 6.76. The number of aromatic nitrogens is 1. The summed E-state index contributed by atoms with van der Waals surface area (Å²) in [4.78, 5) is 25.7. The average Bonchev–Trinajstić information content (AvgIpc) is 2.48. The molecule has 1 aliphatic heterocycles. The zero-order valence-electron chi connectivity index (χ0n) is 11.4. The second-order valence-corrected chi connectivity index (χ2v) is 4.79. The third kappa shape index (κ3) is 3.26. The Hall–Kier alpha value is -2.11. The molecule has 108 valence electrons. The summed E-state index contributed by atoms with van der Waals surface area (Å²) in [5.74, 6) is -0.643. The number of likely N-dealkylation sites (tertiary alicyclic amines) is 1. The average molecular weight is 278 g/mol. The number of carbonyl (C=O) groups is 2. The van der Waals surface area contributed by atoms with E-state index in [-0.39, 0.29) is 17.8 Å². The Morgan fingerprint density at radius 1 is 1.45 bits per heavy atom. The Morgan fingerprint density at radius 3 is 2.80 bits per heavy atom. The monoisotopic (exact) mass is 278 g/mol. The van der Waals surface area contributed by atoms with Gasteiger partial charge in [-0.05, 0) is 19.8 Å². The number of rotatable bonds is 3. The SMILES string of the molecule is CCOC(=O)C1CCCN(C(=O)c2cc[n+]([O-])cc2)C1. The van der Waals surface area contributed by atoms with Crippen LogP contribution in [0, 0.1) is 11.1 Å². The van der Waals surface area contributed by atoms with Crippen LogP contribution in [0.2, 0.25) is 0 Å². The molecule has 6 nitrogen and oxygen atoms in total. The molecule has 2 heterocycles. The summed E-state index contributed by atoms with van der Waals surface area (Å²) in [7, 11) is 0. The maximum Gasteiger partial charge on any atom is 0.310 e. The molecule has 1 saturated heterocycles. The van der Waals surface area contributed by atoms with Crippen LogP contribution >= 0.6 is 0 Å². The van der Waals surface area contributed by atoms with Gasteiger partial charge in [0.15, 0.2) is 12.4 Å². The molecule has 1 aromatic rings. The Balaban J connectivity index is 2.03. The molecule has 1 aromatic heterocycles. The summed E-state index contributed by atoms with van der Waals surface area (Å²) >= 11 is 0. The highest BCUT2D eigenvalue weighted by molar-refractivity contribution is 5.94. The van der Waals surface area contributed by atoms with Gasteiger partial charge in [0.25, 0.3) is 5.91 Å². The van der Waals surface area contributed by atoms with E-state index >= 15 is 0 Å². The molecule has 0 N–H and O–H groups in total. The van der Waals surface area contributed by atoms with Crippen molar-refractivity contribution in [3.05, 3.63) is 35.3 Å². The number of amides is 1. The lowest BCUT2D eigenvalue weighted by Crippen LogP contribution is -2.43. The van der Waals surface area contributed by atoms with Crippen molar-refractivity contribution < 1.29 is 19.1 Å². The van der Waals surface area contributed by atoms with E-state index in [4.69, 9.17) is 4.74 Å². The first kappa shape index (κ1) is 14.3. The van der Waals surface area contributed by atoms with E-state index in [1.54, 1.807) is 11.8 Å². The van der Waals surface area contributed by atoms with Crippen LogP contribution in [0.25, 0.3) is 0 Å². The van der Waals surface area contributed by atoms with Gasteiger partial charge in [-0.3, -0.25) is 9.59 Å². The number of nitrogens with zero attached hydrogens (tertiary/aromatic N) is 2. The third-order valence-electron chi connectivity index (χ3n) is 3.38. The molecule has 1 atom stereocenters. The van der Waals surface area contributed by atoms with E-state index in [1.165, 1.54) is 24.5 Å². The zero-order chi connectivity index (χ0) is 14.5. The smallest absolute Gasteiger partial charge is 0.310 e. The second kappa shape index (κ2) is 6.36. The second-order valence-electron chi connectivity index (χ2n) is 4.79. The molecule has 0 aliphatic carbocycles. The van der Waals surface area contributed by atoms with Crippen LogP contribution in [0.15, 0.2) is 24.5 Å². The van der Waals surface area contributed by atoms with Crippen molar-refractivity contribution in [2.24, 2.45) is 5.92 Å². The van der Waals surface area contributed by atoms with E-state index in [0.29, 0.717) is 30.0 Å². The normalized spacial score (nSPS) is 18.6. The lowest BCUT2D eigenvalue weighted by molar-refractivity contribution is -0.605. The molecule has 1 amide bonds. The maximum absolute atomic E-state index is 12.3. The van der Waals surface area contributed by atoms with Crippen LogP contribution in [-0.2, 0) is 9.53 Å². The fourth-order valence-electron chi connectivity index (χ4n) is 2.35. The number of ether oxygens (including phenoxy) is 1. The van der Waals surface area contributed by atoms with Crippen LogP contribution < -0.4 is 4.73 Å². The standard InChI is InChI=1S/C14H18N2O4/c1-2-20-14(18)12-4-3-7-15(10-12)13(17)11-5-8-16(19)9-6-11/h5-6,8-9,12H,2-4,7,10H2,1H3. The van der Waals surface area contributed by atoms with Crippen molar-refractivity contribution in [1.82, 2.24) is 4.90 Å². The molecule has 1 aliphatic rings. The van der Waals surface area contributed by atoms with E-state index < -0.39 is 0 Å². The molecular formula is C14H18N2O4. The number of pyridine rings is 1. The fraction of sp³-hybridized carbons (Fsp3) is 0.500. The van der Waals surface area contributed by atoms with Crippen molar-refractivity contribution in [3.63, 3.8) is 0 Å². The van der Waals surface area contributed by atoms with Gasteiger partial charge in [0, 0.05) is 25.2 Å². The predicted octanol–water partition coefficient (Wildman–Crippen LogP) is 0.735. The van der Waals surface area contributed by atoms with Crippen molar-refractivity contribution in [2.75, 3.05) is 19.7 Å². The Labute approximate surface area is 117 Å². The zero-order valence-corrected chi connectivity index (χ0v) is 11.4. The molecule has 0 aromatic carbocycles. The summed E-state index contributed by atoms with van der Waals surface area (Å²) in [6, 6.07) is 2.98. The van der Waals surface area contributed by atoms with Crippen molar-refractivity contribution in [1.29, 1.82) is 0 Å². The van der Waals surface area contributed by atoms with E-state index in [1.807, 2.05) is 0 Å². The van der Waals surface area contributed by atoms with Gasteiger partial charge >= 0.3 is 5.97 Å². The molecule has 20 heavy (non-hydrogen) atoms. The minimum Gasteiger partial charge on any atom is -0.619 e. The highest BCUT2D eigenvalue weighted by atomic mass is 16.5. The summed E-state index contributed by atoms with van der Waals surface area (Å²) in [6.45, 7) is 3.13. The Kier molecular flexibility index (Phi) is 4.55. The molecular weight excluding hydrogens is 260 g/mol. The van der Waals surface area contributed by atoms with Crippen LogP contribution in [-0.4, -0.2) is 36.5 Å². The summed E-state index contributed by atoms with van der Waals surface area (Å²) in [6.07, 6.45) is 4.11. The number of esters is 1. The largest absolute Gasteiger partial charge is 0.619 e. The molecule has 1 fully saturated rings. The Bertz CT molecular complexity index is 486. The molecule has 6 heteroatoms. The van der Waals surface area contributed by atoms with Gasteiger partial charge < -0.3 is 14.8 Å². The van der Waals surface area contributed by atoms with E-state index in [2.05, 4.69) is 0 Å². The number of carbonyl (C=O) groups excluding carboxylic acids is 2. The van der Waals surface area contributed by atoms with Gasteiger partial charge in [-0.15, -0.1) is 0 Å². The highest BCUT2D eigenvalue weighted by Crippen LogP contribution is 2.19. The summed E-state index contributed by atoms with van der Waals surface area (Å²) in [5, 5.41) is 11.0. The maximum atomic E-state index is 12.3. The van der Waals surface area contributed by atoms with Crippen molar-refractivity contribution >= 4 is 11.9 Å². The minimum atomic E-state index is -0.249. The first-order chi connectivity index (χ1) is 9.61. The van der Waals surface area contributed by atoms with Crippen molar-refractivity contribution in [2.45, 2.75) is 19.8 Å². The lowest BCUT2D eigenvalue weighted by Gasteiger charge is -2.31. The molecule has 0 spiro atoms. The van der Waals surface area contributed by atoms with Gasteiger partial charge in [-0.1, -0.05) is 0 Å². The number of hydrogen-bond donors (Lipinski definition) is 0. The van der Waals surface area contributed by atoms with Crippen molar-refractivity contribution in [3.8, 4) is 0 Å². The van der Waals surface area contributed by atoms with Gasteiger partial charge in [0.1, 0.15) is 0 Å². The van der Waals surface area contributed by atoms with Crippen LogP contribution in [0.4, 0.5) is 0 Å².